The lowest BCUT2D eigenvalue weighted by Crippen LogP contribution is -2.33. The number of amides is 1. The van der Waals surface area contributed by atoms with Crippen LogP contribution in [-0.2, 0) is 17.8 Å². The molecular weight excluding hydrogens is 268 g/mol. The van der Waals surface area contributed by atoms with Gasteiger partial charge in [0.1, 0.15) is 0 Å². The van der Waals surface area contributed by atoms with E-state index in [2.05, 4.69) is 22.5 Å². The number of rotatable bonds is 6. The molecule has 3 rings (SSSR count). The van der Waals surface area contributed by atoms with Crippen molar-refractivity contribution in [3.63, 3.8) is 0 Å². The first kappa shape index (κ1) is 13.3. The fourth-order valence-electron chi connectivity index (χ4n) is 2.27. The van der Waals surface area contributed by atoms with Crippen molar-refractivity contribution in [1.29, 1.82) is 0 Å². The molecule has 1 fully saturated rings. The zero-order valence-electron chi connectivity index (χ0n) is 11.4. The summed E-state index contributed by atoms with van der Waals surface area (Å²) in [6.45, 7) is 1.47. The first-order chi connectivity index (χ1) is 9.83. The number of carbonyl (C=O) groups excluding carboxylic acids is 1. The molecule has 0 aromatic carbocycles. The van der Waals surface area contributed by atoms with Crippen LogP contribution in [0.2, 0.25) is 0 Å². The van der Waals surface area contributed by atoms with Crippen LogP contribution in [0.15, 0.2) is 42.0 Å². The lowest BCUT2D eigenvalue weighted by molar-refractivity contribution is -0.133. The van der Waals surface area contributed by atoms with Gasteiger partial charge in [0.25, 0.3) is 0 Å². The van der Waals surface area contributed by atoms with E-state index in [4.69, 9.17) is 0 Å². The van der Waals surface area contributed by atoms with Crippen molar-refractivity contribution in [3.05, 3.63) is 52.5 Å². The van der Waals surface area contributed by atoms with Crippen LogP contribution in [0.3, 0.4) is 0 Å². The fourth-order valence-corrected chi connectivity index (χ4v) is 2.97. The van der Waals surface area contributed by atoms with Crippen molar-refractivity contribution >= 4 is 17.2 Å². The fraction of sp³-hybridized carbons (Fsp3) is 0.375. The standard InChI is InChI=1S/C16H18N2OS/c19-16(14-5-6-14)18(9-7-15-4-2-10-20-15)12-13-3-1-8-17-11-13/h1-4,8,10-11,14H,5-7,9,12H2. The molecule has 2 aromatic heterocycles. The minimum Gasteiger partial charge on any atom is -0.338 e. The lowest BCUT2D eigenvalue weighted by Gasteiger charge is -2.22. The van der Waals surface area contributed by atoms with Crippen molar-refractivity contribution in [2.45, 2.75) is 25.8 Å². The third-order valence-electron chi connectivity index (χ3n) is 3.54. The second-order valence-electron chi connectivity index (χ2n) is 5.22. The van der Waals surface area contributed by atoms with Gasteiger partial charge in [-0.15, -0.1) is 11.3 Å². The van der Waals surface area contributed by atoms with Crippen LogP contribution in [0.1, 0.15) is 23.3 Å². The largest absolute Gasteiger partial charge is 0.338 e. The Morgan fingerprint density at radius 3 is 2.90 bits per heavy atom. The van der Waals surface area contributed by atoms with Crippen LogP contribution in [0, 0.1) is 5.92 Å². The molecule has 4 heteroatoms. The Hall–Kier alpha value is -1.68. The molecule has 2 heterocycles. The molecule has 3 nitrogen and oxygen atoms in total. The van der Waals surface area contributed by atoms with Gasteiger partial charge in [-0.2, -0.15) is 0 Å². The van der Waals surface area contributed by atoms with Crippen LogP contribution >= 0.6 is 11.3 Å². The Balaban J connectivity index is 1.65. The van der Waals surface area contributed by atoms with Gasteiger partial charge in [-0.3, -0.25) is 9.78 Å². The highest BCUT2D eigenvalue weighted by Crippen LogP contribution is 2.31. The van der Waals surface area contributed by atoms with Gasteiger partial charge in [-0.1, -0.05) is 12.1 Å². The molecule has 0 bridgehead atoms. The summed E-state index contributed by atoms with van der Waals surface area (Å²) < 4.78 is 0. The smallest absolute Gasteiger partial charge is 0.225 e. The highest BCUT2D eigenvalue weighted by Gasteiger charge is 2.33. The molecule has 0 aliphatic heterocycles. The third-order valence-corrected chi connectivity index (χ3v) is 4.48. The Kier molecular flexibility index (Phi) is 4.11. The highest BCUT2D eigenvalue weighted by molar-refractivity contribution is 7.09. The van der Waals surface area contributed by atoms with Gasteiger partial charge in [-0.05, 0) is 42.3 Å². The Labute approximate surface area is 123 Å². The monoisotopic (exact) mass is 286 g/mol. The van der Waals surface area contributed by atoms with Crippen molar-refractivity contribution < 1.29 is 4.79 Å². The normalized spacial score (nSPS) is 14.2. The van der Waals surface area contributed by atoms with Crippen LogP contribution in [0.25, 0.3) is 0 Å². The van der Waals surface area contributed by atoms with Crippen LogP contribution in [-0.4, -0.2) is 22.3 Å². The maximum Gasteiger partial charge on any atom is 0.225 e. The zero-order chi connectivity index (χ0) is 13.8. The molecule has 104 valence electrons. The lowest BCUT2D eigenvalue weighted by atomic mass is 10.2. The summed E-state index contributed by atoms with van der Waals surface area (Å²) in [6, 6.07) is 8.16. The van der Waals surface area contributed by atoms with Gasteiger partial charge in [0.15, 0.2) is 0 Å². The first-order valence-corrected chi connectivity index (χ1v) is 7.91. The number of carbonyl (C=O) groups is 1. The third kappa shape index (κ3) is 3.45. The number of thiophene rings is 1. The van der Waals surface area contributed by atoms with E-state index in [1.54, 1.807) is 17.5 Å². The predicted octanol–water partition coefficient (Wildman–Crippen LogP) is 3.12. The van der Waals surface area contributed by atoms with Crippen LogP contribution in [0.5, 0.6) is 0 Å². The Morgan fingerprint density at radius 1 is 1.35 bits per heavy atom. The molecule has 1 aliphatic carbocycles. The van der Waals surface area contributed by atoms with E-state index in [1.807, 2.05) is 23.2 Å². The number of pyridine rings is 1. The molecular formula is C16H18N2OS. The summed E-state index contributed by atoms with van der Waals surface area (Å²) in [5.41, 5.74) is 1.10. The summed E-state index contributed by atoms with van der Waals surface area (Å²) >= 11 is 1.76. The van der Waals surface area contributed by atoms with E-state index in [0.29, 0.717) is 12.5 Å². The maximum absolute atomic E-state index is 12.4. The average molecular weight is 286 g/mol. The van der Waals surface area contributed by atoms with E-state index in [0.717, 1.165) is 31.4 Å². The molecule has 1 saturated carbocycles. The predicted molar refractivity (Wildman–Crippen MR) is 80.4 cm³/mol. The van der Waals surface area contributed by atoms with Gasteiger partial charge in [0, 0.05) is 36.3 Å². The van der Waals surface area contributed by atoms with Crippen molar-refractivity contribution in [2.75, 3.05) is 6.54 Å². The summed E-state index contributed by atoms with van der Waals surface area (Å²) in [6.07, 6.45) is 6.67. The number of hydrogen-bond acceptors (Lipinski definition) is 3. The van der Waals surface area contributed by atoms with Crippen molar-refractivity contribution in [2.24, 2.45) is 5.92 Å². The molecule has 1 aliphatic rings. The molecule has 0 saturated heterocycles. The number of nitrogens with zero attached hydrogens (tertiary/aromatic N) is 2. The Bertz CT molecular complexity index is 549. The van der Waals surface area contributed by atoms with E-state index in [9.17, 15) is 4.79 Å². The topological polar surface area (TPSA) is 33.2 Å². The minimum atomic E-state index is 0.273. The van der Waals surface area contributed by atoms with Crippen LogP contribution < -0.4 is 0 Å². The minimum absolute atomic E-state index is 0.273. The second-order valence-corrected chi connectivity index (χ2v) is 6.26. The molecule has 0 spiro atoms. The summed E-state index contributed by atoms with van der Waals surface area (Å²) in [5, 5.41) is 2.09. The summed E-state index contributed by atoms with van der Waals surface area (Å²) in [7, 11) is 0. The molecule has 0 atom stereocenters. The molecule has 0 radical (unpaired) electrons. The molecule has 1 amide bonds. The SMILES string of the molecule is O=C(C1CC1)N(CCc1cccs1)Cc1cccnc1. The van der Waals surface area contributed by atoms with E-state index >= 15 is 0 Å². The van der Waals surface area contributed by atoms with Gasteiger partial charge >= 0.3 is 0 Å². The van der Waals surface area contributed by atoms with Gasteiger partial charge in [0.05, 0.1) is 0 Å². The average Bonchev–Trinajstić information content (AvgIpc) is 3.21. The van der Waals surface area contributed by atoms with Gasteiger partial charge in [-0.25, -0.2) is 0 Å². The highest BCUT2D eigenvalue weighted by atomic mass is 32.1. The molecule has 0 unspecified atom stereocenters. The molecule has 20 heavy (non-hydrogen) atoms. The zero-order valence-corrected chi connectivity index (χ0v) is 12.2. The number of hydrogen-bond donors (Lipinski definition) is 0. The summed E-state index contributed by atoms with van der Waals surface area (Å²) in [5.74, 6) is 0.584. The van der Waals surface area contributed by atoms with Crippen LogP contribution in [0.4, 0.5) is 0 Å². The van der Waals surface area contributed by atoms with E-state index in [-0.39, 0.29) is 5.92 Å². The van der Waals surface area contributed by atoms with Gasteiger partial charge < -0.3 is 4.90 Å². The quantitative estimate of drug-likeness (QED) is 0.817. The first-order valence-electron chi connectivity index (χ1n) is 7.03. The molecule has 2 aromatic rings. The van der Waals surface area contributed by atoms with Crippen molar-refractivity contribution in [3.8, 4) is 0 Å². The Morgan fingerprint density at radius 2 is 2.25 bits per heavy atom. The maximum atomic E-state index is 12.4. The number of aromatic nitrogens is 1. The summed E-state index contributed by atoms with van der Waals surface area (Å²) in [4.78, 5) is 19.8. The van der Waals surface area contributed by atoms with Gasteiger partial charge in [0.2, 0.25) is 5.91 Å². The van der Waals surface area contributed by atoms with Crippen molar-refractivity contribution in [1.82, 2.24) is 9.88 Å². The molecule has 0 N–H and O–H groups in total. The van der Waals surface area contributed by atoms with E-state index < -0.39 is 0 Å². The van der Waals surface area contributed by atoms with E-state index in [1.165, 1.54) is 4.88 Å². The second kappa shape index (κ2) is 6.18.